The molecule has 9 atom stereocenters. The molecule has 0 aromatic heterocycles. The van der Waals surface area contributed by atoms with E-state index in [0.717, 1.165) is 19.3 Å². The van der Waals surface area contributed by atoms with Gasteiger partial charge in [0.15, 0.2) is 5.78 Å². The third-order valence-corrected chi connectivity index (χ3v) is 12.5. The van der Waals surface area contributed by atoms with Crippen LogP contribution in [0.5, 0.6) is 0 Å². The molecule has 0 aliphatic heterocycles. The summed E-state index contributed by atoms with van der Waals surface area (Å²) in [6.07, 6.45) is 10.8. The van der Waals surface area contributed by atoms with Gasteiger partial charge in [0.1, 0.15) is 5.78 Å². The molecule has 0 N–H and O–H groups in total. The summed E-state index contributed by atoms with van der Waals surface area (Å²) in [5.41, 5.74) is 0.726. The summed E-state index contributed by atoms with van der Waals surface area (Å²) >= 11 is 0. The summed E-state index contributed by atoms with van der Waals surface area (Å²) in [5, 5.41) is 0. The van der Waals surface area contributed by atoms with Crippen LogP contribution in [0.25, 0.3) is 4.85 Å². The largest absolute Gasteiger partial charge is 0.308 e. The zero-order chi connectivity index (χ0) is 24.2. The van der Waals surface area contributed by atoms with Crippen molar-refractivity contribution in [3.8, 4) is 0 Å². The van der Waals surface area contributed by atoms with E-state index in [2.05, 4.69) is 46.4 Å². The van der Waals surface area contributed by atoms with Gasteiger partial charge in [-0.15, -0.1) is 0 Å². The van der Waals surface area contributed by atoms with Gasteiger partial charge < -0.3 is 4.79 Å². The van der Waals surface area contributed by atoms with Gasteiger partial charge in [0.25, 0.3) is 0 Å². The molecule has 4 fully saturated rings. The fourth-order valence-corrected chi connectivity index (χ4v) is 10.2. The van der Waals surface area contributed by atoms with Gasteiger partial charge in [0, 0.05) is 18.3 Å². The molecule has 0 aromatic carbocycles. The molecule has 0 aromatic rings. The van der Waals surface area contributed by atoms with Gasteiger partial charge in [0.05, 0.1) is 6.57 Å². The van der Waals surface area contributed by atoms with Crippen molar-refractivity contribution in [2.75, 3.05) is 0 Å². The number of hydrogen-bond acceptors (Lipinski definition) is 2. The highest BCUT2D eigenvalue weighted by atomic mass is 16.1. The van der Waals surface area contributed by atoms with Crippen LogP contribution in [0.2, 0.25) is 0 Å². The molecule has 0 heterocycles. The summed E-state index contributed by atoms with van der Waals surface area (Å²) in [4.78, 5) is 30.7. The van der Waals surface area contributed by atoms with Gasteiger partial charge in [-0.05, 0) is 89.8 Å². The number of carbonyl (C=O) groups is 2. The molecule has 3 nitrogen and oxygen atoms in total. The first-order valence-corrected chi connectivity index (χ1v) is 13.4. The predicted octanol–water partition coefficient (Wildman–Crippen LogP) is 7.27. The van der Waals surface area contributed by atoms with Crippen LogP contribution in [0.3, 0.4) is 0 Å². The second-order valence-electron chi connectivity index (χ2n) is 14.5. The first kappa shape index (κ1) is 23.3. The van der Waals surface area contributed by atoms with Gasteiger partial charge in [-0.2, -0.15) is 0 Å². The van der Waals surface area contributed by atoms with Crippen LogP contribution < -0.4 is 0 Å². The van der Waals surface area contributed by atoms with Gasteiger partial charge in [-0.25, -0.2) is 4.85 Å². The summed E-state index contributed by atoms with van der Waals surface area (Å²) in [6, 6.07) is 0. The second-order valence-corrected chi connectivity index (χ2v) is 14.5. The Morgan fingerprint density at radius 2 is 1.58 bits per heavy atom. The van der Waals surface area contributed by atoms with Crippen molar-refractivity contribution in [3.05, 3.63) is 23.2 Å². The fourth-order valence-electron chi connectivity index (χ4n) is 10.2. The Bertz CT molecular complexity index is 986. The highest BCUT2D eigenvalue weighted by Crippen LogP contribution is 2.75. The van der Waals surface area contributed by atoms with Crippen molar-refractivity contribution in [3.63, 3.8) is 0 Å². The van der Waals surface area contributed by atoms with Crippen LogP contribution in [0.1, 0.15) is 99.8 Å². The standard InChI is InChI=1S/C30H43NO2/c1-18-19-9-10-29(6)23(28(19,5)17-21(31-8)25(18)33)15-22(32)24-20-16-26(2,3)11-12-27(20,4)13-14-30(24,29)7/h17-20,23-24H,9-16H2,1-7H3/t18-,19-,20-,23+,24-,27+,28-,29+,30+/m0/s1. The maximum absolute atomic E-state index is 14.2. The fraction of sp³-hybridized carbons (Fsp3) is 0.833. The third-order valence-electron chi connectivity index (χ3n) is 12.5. The van der Waals surface area contributed by atoms with Crippen LogP contribution in [-0.2, 0) is 9.59 Å². The number of rotatable bonds is 0. The van der Waals surface area contributed by atoms with Crippen molar-refractivity contribution in [1.82, 2.24) is 0 Å². The molecule has 0 bridgehead atoms. The molecule has 5 aliphatic carbocycles. The van der Waals surface area contributed by atoms with Crippen LogP contribution in [0.4, 0.5) is 0 Å². The molecule has 180 valence electrons. The molecular formula is C30H43NO2. The van der Waals surface area contributed by atoms with E-state index in [1.807, 2.05) is 13.0 Å². The highest BCUT2D eigenvalue weighted by Gasteiger charge is 2.70. The maximum Gasteiger partial charge on any atom is 0.226 e. The smallest absolute Gasteiger partial charge is 0.226 e. The minimum Gasteiger partial charge on any atom is -0.308 e. The van der Waals surface area contributed by atoms with Crippen LogP contribution in [0, 0.1) is 63.2 Å². The molecular weight excluding hydrogens is 406 g/mol. The zero-order valence-electron chi connectivity index (χ0n) is 21.9. The number of Topliss-reactive ketones (excluding diaryl/α,β-unsaturated/α-hetero) is 2. The maximum atomic E-state index is 14.2. The first-order chi connectivity index (χ1) is 15.2. The quantitative estimate of drug-likeness (QED) is 0.365. The number of ketones is 2. The van der Waals surface area contributed by atoms with Crippen LogP contribution in [-0.4, -0.2) is 11.6 Å². The molecule has 5 aliphatic rings. The normalized spacial score (nSPS) is 53.0. The predicted molar refractivity (Wildman–Crippen MR) is 131 cm³/mol. The average molecular weight is 450 g/mol. The van der Waals surface area contributed by atoms with Gasteiger partial charge >= 0.3 is 0 Å². The Labute approximate surface area is 201 Å². The SMILES string of the molecule is [C-]#[N+]C1=C[C@]2(C)[C@H]3CC(=O)[C@@H]4[C@@H]5CC(C)(C)CC[C@]5(C)CC[C@@]4(C)[C@]3(C)CC[C@H]2[C@H](C)C1=O. The van der Waals surface area contributed by atoms with E-state index in [4.69, 9.17) is 6.57 Å². The summed E-state index contributed by atoms with van der Waals surface area (Å²) in [6.45, 7) is 24.2. The monoisotopic (exact) mass is 449 g/mol. The number of fused-ring (bicyclic) bond motifs is 7. The minimum absolute atomic E-state index is 0.00458. The van der Waals surface area contributed by atoms with Gasteiger partial charge in [0.2, 0.25) is 5.70 Å². The number of allylic oxidation sites excluding steroid dienone is 2. The lowest BCUT2D eigenvalue weighted by Gasteiger charge is -2.71. The highest BCUT2D eigenvalue weighted by molar-refractivity contribution is 6.00. The van der Waals surface area contributed by atoms with E-state index in [-0.39, 0.29) is 45.7 Å². The van der Waals surface area contributed by atoms with E-state index >= 15 is 0 Å². The minimum atomic E-state index is -0.254. The second kappa shape index (κ2) is 6.83. The lowest BCUT2D eigenvalue weighted by atomic mass is 9.32. The molecule has 4 saturated carbocycles. The van der Waals surface area contributed by atoms with E-state index in [0.29, 0.717) is 34.6 Å². The van der Waals surface area contributed by atoms with Gasteiger partial charge in [-0.1, -0.05) is 54.5 Å². The molecule has 3 heteroatoms. The summed E-state index contributed by atoms with van der Waals surface area (Å²) < 4.78 is 0. The Kier molecular flexibility index (Phi) is 4.82. The Morgan fingerprint density at radius 3 is 2.24 bits per heavy atom. The molecule has 0 radical (unpaired) electrons. The number of carbonyl (C=O) groups excluding carboxylic acids is 2. The van der Waals surface area contributed by atoms with Crippen molar-refractivity contribution >= 4 is 11.6 Å². The number of nitrogens with zero attached hydrogens (tertiary/aromatic N) is 1. The van der Waals surface area contributed by atoms with Crippen molar-refractivity contribution < 1.29 is 9.59 Å². The zero-order valence-corrected chi connectivity index (χ0v) is 21.9. The molecule has 0 amide bonds. The van der Waals surface area contributed by atoms with Crippen molar-refractivity contribution in [2.45, 2.75) is 99.8 Å². The Balaban J connectivity index is 1.62. The molecule has 33 heavy (non-hydrogen) atoms. The van der Waals surface area contributed by atoms with Crippen LogP contribution in [0.15, 0.2) is 11.8 Å². The topological polar surface area (TPSA) is 38.5 Å². The lowest BCUT2D eigenvalue weighted by Crippen LogP contribution is -2.67. The van der Waals surface area contributed by atoms with Crippen molar-refractivity contribution in [2.24, 2.45) is 56.7 Å². The first-order valence-electron chi connectivity index (χ1n) is 13.4. The van der Waals surface area contributed by atoms with E-state index in [9.17, 15) is 9.59 Å². The van der Waals surface area contributed by atoms with Gasteiger partial charge in [-0.3, -0.25) is 4.79 Å². The van der Waals surface area contributed by atoms with E-state index in [1.165, 1.54) is 25.7 Å². The van der Waals surface area contributed by atoms with Crippen LogP contribution >= 0.6 is 0 Å². The average Bonchev–Trinajstić information content (AvgIpc) is 2.74. The molecule has 0 saturated heterocycles. The third kappa shape index (κ3) is 2.85. The Morgan fingerprint density at radius 1 is 0.909 bits per heavy atom. The summed E-state index contributed by atoms with van der Waals surface area (Å²) in [7, 11) is 0. The van der Waals surface area contributed by atoms with E-state index < -0.39 is 0 Å². The molecule has 0 spiro atoms. The van der Waals surface area contributed by atoms with Crippen molar-refractivity contribution in [1.29, 1.82) is 0 Å². The Hall–Kier alpha value is -1.43. The van der Waals surface area contributed by atoms with E-state index in [1.54, 1.807) is 0 Å². The number of hydrogen-bond donors (Lipinski definition) is 0. The molecule has 0 unspecified atom stereocenters. The summed E-state index contributed by atoms with van der Waals surface area (Å²) in [5.74, 6) is 1.47. The lowest BCUT2D eigenvalue weighted by molar-refractivity contribution is -0.217. The molecule has 5 rings (SSSR count).